The summed E-state index contributed by atoms with van der Waals surface area (Å²) in [6, 6.07) is 17.8. The average Bonchev–Trinajstić information content (AvgIpc) is 2.96. The van der Waals surface area contributed by atoms with Crippen LogP contribution in [-0.4, -0.2) is 41.1 Å². The van der Waals surface area contributed by atoms with Gasteiger partial charge in [-0.15, -0.1) is 0 Å². The second kappa shape index (κ2) is 18.8. The van der Waals surface area contributed by atoms with Crippen molar-refractivity contribution in [2.24, 2.45) is 0 Å². The highest BCUT2D eigenvalue weighted by molar-refractivity contribution is 7.90. The molecule has 3 rings (SSSR count). The summed E-state index contributed by atoms with van der Waals surface area (Å²) in [6.45, 7) is 23.7. The van der Waals surface area contributed by atoms with Gasteiger partial charge in [0.1, 0.15) is 5.60 Å². The molecular formula is C39H60O6S. The summed E-state index contributed by atoms with van der Waals surface area (Å²) < 4.78 is 44.9. The smallest absolute Gasteiger partial charge is 0.175 e. The third kappa shape index (κ3) is 14.1. The summed E-state index contributed by atoms with van der Waals surface area (Å²) in [4.78, 5) is 0.432. The van der Waals surface area contributed by atoms with Crippen LogP contribution in [0.4, 0.5) is 0 Å². The predicted molar refractivity (Wildman–Crippen MR) is 193 cm³/mol. The first-order valence-corrected chi connectivity index (χ1v) is 18.2. The normalized spacial score (nSPS) is 11.4. The Labute approximate surface area is 280 Å². The third-order valence-corrected chi connectivity index (χ3v) is 8.40. The minimum atomic E-state index is -3.08. The van der Waals surface area contributed by atoms with E-state index in [0.29, 0.717) is 22.6 Å². The van der Waals surface area contributed by atoms with E-state index in [0.717, 1.165) is 48.0 Å². The van der Waals surface area contributed by atoms with Gasteiger partial charge in [0.15, 0.2) is 32.8 Å². The summed E-state index contributed by atoms with van der Waals surface area (Å²) in [5.74, 6) is 4.74. The van der Waals surface area contributed by atoms with Crippen molar-refractivity contribution in [2.75, 3.05) is 27.1 Å². The first-order valence-electron chi connectivity index (χ1n) is 16.3. The maximum atomic E-state index is 11.3. The summed E-state index contributed by atoms with van der Waals surface area (Å²) >= 11 is 0. The van der Waals surface area contributed by atoms with Gasteiger partial charge in [0, 0.05) is 6.26 Å². The SMILES string of the molecule is CCCCOc1cc(C(C)C)ccc1OC.COc1cc(C(C)C)ccc1OC(C)(C)C.Cc1cc(C(C)C)ccc1S(C)(=O)=O. The van der Waals surface area contributed by atoms with E-state index in [4.69, 9.17) is 18.9 Å². The predicted octanol–water partition coefficient (Wildman–Crippen LogP) is 10.5. The number of hydrogen-bond acceptors (Lipinski definition) is 6. The zero-order valence-corrected chi connectivity index (χ0v) is 31.7. The number of aryl methyl sites for hydroxylation is 1. The molecule has 0 saturated heterocycles. The molecule has 0 spiro atoms. The number of hydrogen-bond donors (Lipinski definition) is 0. The average molecular weight is 657 g/mol. The molecule has 0 unspecified atom stereocenters. The van der Waals surface area contributed by atoms with Crippen LogP contribution >= 0.6 is 0 Å². The van der Waals surface area contributed by atoms with Gasteiger partial charge in [-0.3, -0.25) is 0 Å². The van der Waals surface area contributed by atoms with Crippen LogP contribution in [0.3, 0.4) is 0 Å². The fourth-order valence-corrected chi connectivity index (χ4v) is 5.36. The van der Waals surface area contributed by atoms with Gasteiger partial charge in [0.05, 0.1) is 25.7 Å². The molecule has 3 aromatic rings. The molecule has 0 bridgehead atoms. The molecule has 0 fully saturated rings. The van der Waals surface area contributed by atoms with Crippen molar-refractivity contribution in [3.05, 3.63) is 76.9 Å². The van der Waals surface area contributed by atoms with Gasteiger partial charge in [-0.1, -0.05) is 79.2 Å². The number of rotatable bonds is 11. The Morgan fingerprint density at radius 2 is 1.13 bits per heavy atom. The van der Waals surface area contributed by atoms with Crippen molar-refractivity contribution in [3.63, 3.8) is 0 Å². The standard InChI is InChI=1S/2C14H22O2.C11H16O2S/c1-10(2)11-7-8-12(13(9-11)15-6)16-14(3,4)5;1-5-6-9-16-14-10-12(11(2)3)7-8-13(14)15-4;1-8(2)10-5-6-11(9(3)7-10)14(4,12)13/h7-10H,1-6H3;7-8,10-11H,5-6,9H2,1-4H3;5-8H,1-4H3. The van der Waals surface area contributed by atoms with Crippen molar-refractivity contribution in [1.29, 1.82) is 0 Å². The van der Waals surface area contributed by atoms with Crippen molar-refractivity contribution >= 4 is 9.84 Å². The number of ether oxygens (including phenoxy) is 4. The molecule has 0 N–H and O–H groups in total. The van der Waals surface area contributed by atoms with E-state index in [2.05, 4.69) is 66.7 Å². The molecule has 0 aliphatic rings. The first-order chi connectivity index (χ1) is 21.3. The molecule has 7 heteroatoms. The van der Waals surface area contributed by atoms with Gasteiger partial charge in [0.2, 0.25) is 0 Å². The highest BCUT2D eigenvalue weighted by Crippen LogP contribution is 2.33. The lowest BCUT2D eigenvalue weighted by atomic mass is 10.0. The molecule has 0 aliphatic heterocycles. The van der Waals surface area contributed by atoms with Crippen molar-refractivity contribution in [3.8, 4) is 23.0 Å². The van der Waals surface area contributed by atoms with E-state index in [9.17, 15) is 8.42 Å². The number of unbranched alkanes of at least 4 members (excludes halogenated alkanes) is 1. The van der Waals surface area contributed by atoms with E-state index >= 15 is 0 Å². The van der Waals surface area contributed by atoms with Crippen LogP contribution in [-0.2, 0) is 9.84 Å². The van der Waals surface area contributed by atoms with E-state index in [1.165, 1.54) is 22.9 Å². The van der Waals surface area contributed by atoms with E-state index in [1.54, 1.807) is 20.3 Å². The molecular weight excluding hydrogens is 596 g/mol. The number of benzene rings is 3. The summed E-state index contributed by atoms with van der Waals surface area (Å²) in [6.07, 6.45) is 3.46. The van der Waals surface area contributed by atoms with Gasteiger partial charge in [-0.2, -0.15) is 0 Å². The van der Waals surface area contributed by atoms with Crippen LogP contribution in [0.2, 0.25) is 0 Å². The van der Waals surface area contributed by atoms with Crippen LogP contribution < -0.4 is 18.9 Å². The molecule has 0 aromatic heterocycles. The topological polar surface area (TPSA) is 71.1 Å². The molecule has 0 heterocycles. The zero-order chi connectivity index (χ0) is 35.2. The molecule has 3 aromatic carbocycles. The van der Waals surface area contributed by atoms with E-state index in [1.807, 2.05) is 58.0 Å². The minimum absolute atomic E-state index is 0.202. The van der Waals surface area contributed by atoms with Gasteiger partial charge < -0.3 is 18.9 Å². The van der Waals surface area contributed by atoms with Gasteiger partial charge in [-0.05, 0) is 104 Å². The monoisotopic (exact) mass is 656 g/mol. The quantitative estimate of drug-likeness (QED) is 0.191. The Morgan fingerprint density at radius 3 is 1.54 bits per heavy atom. The Balaban J connectivity index is 0.000000346. The highest BCUT2D eigenvalue weighted by atomic mass is 32.2. The lowest BCUT2D eigenvalue weighted by molar-refractivity contribution is 0.125. The largest absolute Gasteiger partial charge is 0.493 e. The lowest BCUT2D eigenvalue weighted by Gasteiger charge is -2.23. The summed E-state index contributed by atoms with van der Waals surface area (Å²) in [5, 5.41) is 0. The number of sulfone groups is 1. The van der Waals surface area contributed by atoms with E-state index in [-0.39, 0.29) is 5.60 Å². The summed E-state index contributed by atoms with van der Waals surface area (Å²) in [5.41, 5.74) is 4.35. The first kappa shape index (κ1) is 40.8. The van der Waals surface area contributed by atoms with Crippen LogP contribution in [0.25, 0.3) is 0 Å². The molecule has 0 atom stereocenters. The Bertz CT molecular complexity index is 1450. The van der Waals surface area contributed by atoms with E-state index < -0.39 is 9.84 Å². The molecule has 0 aliphatic carbocycles. The van der Waals surface area contributed by atoms with Crippen LogP contribution in [0.15, 0.2) is 59.5 Å². The van der Waals surface area contributed by atoms with Gasteiger partial charge >= 0.3 is 0 Å². The van der Waals surface area contributed by atoms with Crippen LogP contribution in [0.5, 0.6) is 23.0 Å². The van der Waals surface area contributed by atoms with Crippen LogP contribution in [0, 0.1) is 6.92 Å². The molecule has 6 nitrogen and oxygen atoms in total. The zero-order valence-electron chi connectivity index (χ0n) is 30.9. The molecule has 46 heavy (non-hydrogen) atoms. The minimum Gasteiger partial charge on any atom is -0.493 e. The lowest BCUT2D eigenvalue weighted by Crippen LogP contribution is -2.23. The van der Waals surface area contributed by atoms with Crippen molar-refractivity contribution in [2.45, 2.75) is 117 Å². The maximum Gasteiger partial charge on any atom is 0.175 e. The second-order valence-corrected chi connectivity index (χ2v) is 15.5. The fourth-order valence-electron chi connectivity index (χ4n) is 4.40. The van der Waals surface area contributed by atoms with Crippen LogP contribution in [0.1, 0.15) is 122 Å². The fraction of sp³-hybridized carbons (Fsp3) is 0.538. The molecule has 258 valence electrons. The highest BCUT2D eigenvalue weighted by Gasteiger charge is 2.16. The number of methoxy groups -OCH3 is 2. The molecule has 0 radical (unpaired) electrons. The van der Waals surface area contributed by atoms with Crippen molar-refractivity contribution < 1.29 is 27.4 Å². The molecule has 0 amide bonds. The summed E-state index contributed by atoms with van der Waals surface area (Å²) in [7, 11) is 0.277. The Morgan fingerprint density at radius 1 is 0.674 bits per heavy atom. The van der Waals surface area contributed by atoms with Gasteiger partial charge in [0.25, 0.3) is 0 Å². The maximum absolute atomic E-state index is 11.3. The van der Waals surface area contributed by atoms with Crippen molar-refractivity contribution in [1.82, 2.24) is 0 Å². The third-order valence-electron chi connectivity index (χ3n) is 7.15. The Kier molecular flexibility index (Phi) is 16.7. The Hall–Kier alpha value is -3.19. The second-order valence-electron chi connectivity index (χ2n) is 13.5. The molecule has 0 saturated carbocycles. The van der Waals surface area contributed by atoms with Gasteiger partial charge in [-0.25, -0.2) is 8.42 Å².